The lowest BCUT2D eigenvalue weighted by Gasteiger charge is -1.75. The first-order valence-corrected chi connectivity index (χ1v) is 0.956. The predicted molar refractivity (Wildman–Crippen MR) is 19.0 cm³/mol. The Labute approximate surface area is 34.6 Å². The minimum atomic E-state index is -0.875. The molecule has 3 N–H and O–H groups in total. The van der Waals surface area contributed by atoms with Crippen molar-refractivity contribution in [3.05, 3.63) is 10.1 Å². The monoisotopic (exact) mass is 94.0 g/mol. The molecule has 0 aromatic carbocycles. The Balaban J connectivity index is 0. The molecule has 0 rings (SSSR count). The summed E-state index contributed by atoms with van der Waals surface area (Å²) in [5.74, 6) is 0. The second-order valence-electron chi connectivity index (χ2n) is 0.406. The molecule has 0 heterocycles. The van der Waals surface area contributed by atoms with Gasteiger partial charge < -0.3 is 11.0 Å². The van der Waals surface area contributed by atoms with Gasteiger partial charge >= 0.3 is 0 Å². The lowest BCUT2D eigenvalue weighted by Crippen LogP contribution is -1.91. The van der Waals surface area contributed by atoms with Gasteiger partial charge in [-0.05, 0) is 0 Å². The zero-order chi connectivity index (χ0) is 4.28. The van der Waals surface area contributed by atoms with Crippen molar-refractivity contribution in [3.8, 4) is 0 Å². The van der Waals surface area contributed by atoms with Crippen molar-refractivity contribution in [1.82, 2.24) is 6.15 Å². The van der Waals surface area contributed by atoms with Crippen LogP contribution in [0.5, 0.6) is 0 Å². The summed E-state index contributed by atoms with van der Waals surface area (Å²) in [5, 5.41) is 8.08. The molecular formula is CH6N2O3. The van der Waals surface area contributed by atoms with Gasteiger partial charge in [0.1, 0.15) is 0 Å². The lowest BCUT2D eigenvalue weighted by atomic mass is 11.7. The number of hydrogen-bond acceptors (Lipinski definition) is 4. The number of rotatable bonds is 1. The lowest BCUT2D eigenvalue weighted by molar-refractivity contribution is -0.749. The highest BCUT2D eigenvalue weighted by Gasteiger charge is 1.77. The van der Waals surface area contributed by atoms with Gasteiger partial charge in [-0.1, -0.05) is 0 Å². The van der Waals surface area contributed by atoms with Gasteiger partial charge in [0, 0.05) is 0 Å². The van der Waals surface area contributed by atoms with Crippen LogP contribution in [0.15, 0.2) is 0 Å². The van der Waals surface area contributed by atoms with E-state index in [0.29, 0.717) is 0 Å². The molecular weight excluding hydrogens is 88.0 g/mol. The van der Waals surface area contributed by atoms with Gasteiger partial charge in [-0.3, -0.25) is 0 Å². The molecule has 0 aliphatic carbocycles. The van der Waals surface area contributed by atoms with Crippen LogP contribution in [-0.4, -0.2) is 12.2 Å². The summed E-state index contributed by atoms with van der Waals surface area (Å²) in [6.45, 7) is 0. The minimum absolute atomic E-state index is 0. The standard InChI is InChI=1S/CH3NO3.H3N/c1-5-2(3)4;/h1H3;1H3. The van der Waals surface area contributed by atoms with Gasteiger partial charge in [0.05, 0.1) is 7.11 Å². The quantitative estimate of drug-likeness (QED) is 0.365. The van der Waals surface area contributed by atoms with E-state index in [4.69, 9.17) is 10.1 Å². The molecule has 0 saturated heterocycles. The van der Waals surface area contributed by atoms with E-state index in [1.54, 1.807) is 0 Å². The van der Waals surface area contributed by atoms with Crippen LogP contribution in [0, 0.1) is 10.1 Å². The Morgan fingerprint density at radius 3 is 2.00 bits per heavy atom. The first-order valence-electron chi connectivity index (χ1n) is 0.956. The third-order valence-electron chi connectivity index (χ3n) is 0.149. The molecule has 0 radical (unpaired) electrons. The maximum atomic E-state index is 8.95. The molecule has 0 aliphatic rings. The van der Waals surface area contributed by atoms with E-state index < -0.39 is 5.09 Å². The van der Waals surface area contributed by atoms with Crippen molar-refractivity contribution in [2.45, 2.75) is 0 Å². The zero-order valence-electron chi connectivity index (χ0n) is 3.38. The molecule has 0 bridgehead atoms. The summed E-state index contributed by atoms with van der Waals surface area (Å²) in [5.41, 5.74) is 0. The normalized spacial score (nSPS) is 5.50. The molecule has 0 atom stereocenters. The van der Waals surface area contributed by atoms with Gasteiger partial charge in [0.15, 0.2) is 0 Å². The maximum absolute atomic E-state index is 8.95. The maximum Gasteiger partial charge on any atom is 0.294 e. The van der Waals surface area contributed by atoms with E-state index in [1.165, 1.54) is 0 Å². The molecule has 6 heavy (non-hydrogen) atoms. The Hall–Kier alpha value is -0.840. The molecule has 0 saturated carbocycles. The third-order valence-corrected chi connectivity index (χ3v) is 0.149. The molecule has 0 amide bonds. The summed E-state index contributed by atoms with van der Waals surface area (Å²) in [6, 6.07) is 0. The van der Waals surface area contributed by atoms with E-state index in [2.05, 4.69) is 4.84 Å². The van der Waals surface area contributed by atoms with E-state index in [1.807, 2.05) is 0 Å². The van der Waals surface area contributed by atoms with Gasteiger partial charge in [0.25, 0.3) is 5.09 Å². The fraction of sp³-hybridized carbons (Fsp3) is 1.00. The van der Waals surface area contributed by atoms with E-state index in [0.717, 1.165) is 7.11 Å². The van der Waals surface area contributed by atoms with Crippen molar-refractivity contribution in [3.63, 3.8) is 0 Å². The third kappa shape index (κ3) is 11.0. The van der Waals surface area contributed by atoms with Crippen LogP contribution in [0.3, 0.4) is 0 Å². The number of hydrogen-bond donors (Lipinski definition) is 1. The van der Waals surface area contributed by atoms with Crippen LogP contribution in [0.25, 0.3) is 0 Å². The Morgan fingerprint density at radius 2 is 2.00 bits per heavy atom. The largest absolute Gasteiger partial charge is 0.344 e. The first-order chi connectivity index (χ1) is 2.27. The van der Waals surface area contributed by atoms with Crippen molar-refractivity contribution in [1.29, 1.82) is 0 Å². The fourth-order valence-corrected chi connectivity index (χ4v) is 0. The molecule has 5 nitrogen and oxygen atoms in total. The summed E-state index contributed by atoms with van der Waals surface area (Å²) < 4.78 is 0. The molecule has 38 valence electrons. The highest BCUT2D eigenvalue weighted by atomic mass is 16.9. The van der Waals surface area contributed by atoms with Crippen molar-refractivity contribution in [2.24, 2.45) is 0 Å². The van der Waals surface area contributed by atoms with Crippen LogP contribution in [0.4, 0.5) is 0 Å². The van der Waals surface area contributed by atoms with Crippen molar-refractivity contribution < 1.29 is 9.92 Å². The second-order valence-corrected chi connectivity index (χ2v) is 0.406. The summed E-state index contributed by atoms with van der Waals surface area (Å²) in [6.07, 6.45) is 0. The number of nitrogens with zero attached hydrogens (tertiary/aromatic N) is 1. The van der Waals surface area contributed by atoms with Gasteiger partial charge in [-0.2, -0.15) is 0 Å². The van der Waals surface area contributed by atoms with Gasteiger partial charge in [-0.25, -0.2) is 0 Å². The molecule has 0 aromatic rings. The smallest absolute Gasteiger partial charge is 0.294 e. The minimum Gasteiger partial charge on any atom is -0.344 e. The van der Waals surface area contributed by atoms with Crippen LogP contribution in [0.1, 0.15) is 0 Å². The van der Waals surface area contributed by atoms with Crippen molar-refractivity contribution in [2.75, 3.05) is 7.11 Å². The second kappa shape index (κ2) is 4.16. The molecule has 5 heteroatoms. The fourth-order valence-electron chi connectivity index (χ4n) is 0. The van der Waals surface area contributed by atoms with Gasteiger partial charge in [0.2, 0.25) is 0 Å². The Bertz CT molecular complexity index is 44.1. The highest BCUT2D eigenvalue weighted by molar-refractivity contribution is 3.86. The SMILES string of the molecule is CO[N+](=O)[O-].N. The molecule has 0 aliphatic heterocycles. The molecule has 0 unspecified atom stereocenters. The first kappa shape index (κ1) is 8.94. The summed E-state index contributed by atoms with van der Waals surface area (Å²) in [7, 11) is 1.00. The van der Waals surface area contributed by atoms with E-state index >= 15 is 0 Å². The zero-order valence-corrected chi connectivity index (χ0v) is 3.38. The Morgan fingerprint density at radius 1 is 1.83 bits per heavy atom. The van der Waals surface area contributed by atoms with E-state index in [-0.39, 0.29) is 6.15 Å². The van der Waals surface area contributed by atoms with E-state index in [9.17, 15) is 0 Å². The van der Waals surface area contributed by atoms with Gasteiger partial charge in [-0.15, -0.1) is 10.1 Å². The highest BCUT2D eigenvalue weighted by Crippen LogP contribution is 1.57. The summed E-state index contributed by atoms with van der Waals surface area (Å²) >= 11 is 0. The average molecular weight is 94.1 g/mol. The van der Waals surface area contributed by atoms with Crippen LogP contribution in [0.2, 0.25) is 0 Å². The summed E-state index contributed by atoms with van der Waals surface area (Å²) in [4.78, 5) is 12.4. The Kier molecular flexibility index (Phi) is 6.20. The van der Waals surface area contributed by atoms with Crippen molar-refractivity contribution >= 4 is 0 Å². The molecule has 0 aromatic heterocycles. The topological polar surface area (TPSA) is 87.4 Å². The average Bonchev–Trinajstić information content (AvgIpc) is 1.38. The molecule has 0 spiro atoms. The van der Waals surface area contributed by atoms with Crippen LogP contribution >= 0.6 is 0 Å². The van der Waals surface area contributed by atoms with Crippen LogP contribution < -0.4 is 6.15 Å². The molecule has 0 fully saturated rings. The predicted octanol–water partition coefficient (Wildman–Crippen LogP) is -0.0135. The van der Waals surface area contributed by atoms with Crippen LogP contribution in [-0.2, 0) is 4.84 Å².